The summed E-state index contributed by atoms with van der Waals surface area (Å²) in [6, 6.07) is 63.5. The minimum atomic E-state index is 0.873. The molecule has 0 atom stereocenters. The first-order valence-electron chi connectivity index (χ1n) is 17.5. The first kappa shape index (κ1) is 29.5. The van der Waals surface area contributed by atoms with E-state index in [0.717, 1.165) is 50.1 Å². The molecule has 0 radical (unpaired) electrons. The number of para-hydroxylation sites is 2. The smallest absolute Gasteiger partial charge is 0.159 e. The van der Waals surface area contributed by atoms with Crippen molar-refractivity contribution in [3.8, 4) is 22.3 Å². The highest BCUT2D eigenvalue weighted by molar-refractivity contribution is 7.26. The van der Waals surface area contributed by atoms with Crippen LogP contribution in [-0.2, 0) is 0 Å². The second kappa shape index (κ2) is 11.7. The van der Waals surface area contributed by atoms with Crippen molar-refractivity contribution in [2.45, 2.75) is 0 Å². The van der Waals surface area contributed by atoms with E-state index in [1.165, 1.54) is 51.5 Å². The predicted octanol–water partition coefficient (Wildman–Crippen LogP) is 15.1. The lowest BCUT2D eigenvalue weighted by atomic mass is 10.0. The van der Waals surface area contributed by atoms with Gasteiger partial charge in [0.25, 0.3) is 0 Å². The van der Waals surface area contributed by atoms with E-state index in [4.69, 9.17) is 4.42 Å². The molecule has 3 aromatic heterocycles. The van der Waals surface area contributed by atoms with Crippen molar-refractivity contribution in [2.24, 2.45) is 0 Å². The Balaban J connectivity index is 1.12. The molecule has 0 N–H and O–H groups in total. The average Bonchev–Trinajstić information content (AvgIpc) is 3.90. The lowest BCUT2D eigenvalue weighted by Gasteiger charge is -2.26. The molecule has 0 unspecified atom stereocenters. The quantitative estimate of drug-likeness (QED) is 0.178. The maximum absolute atomic E-state index is 6.99. The first-order valence-corrected chi connectivity index (χ1v) is 19.1. The van der Waals surface area contributed by atoms with Gasteiger partial charge in [-0.05, 0) is 65.2 Å². The SMILES string of the molecule is c1ccc(-c2cccc3c2oc2c(N(c4ccc(-c5ccc6sc7ccccc7c6c5)cc4)c4cccc5c4sc4ccccc45)cccc23)cc1. The van der Waals surface area contributed by atoms with E-state index in [9.17, 15) is 0 Å². The van der Waals surface area contributed by atoms with Crippen LogP contribution in [0.1, 0.15) is 0 Å². The van der Waals surface area contributed by atoms with Gasteiger partial charge in [-0.25, -0.2) is 0 Å². The zero-order chi connectivity index (χ0) is 34.2. The molecule has 0 saturated carbocycles. The monoisotopic (exact) mass is 699 g/mol. The van der Waals surface area contributed by atoms with Gasteiger partial charge in [0.1, 0.15) is 5.58 Å². The van der Waals surface area contributed by atoms with Gasteiger partial charge < -0.3 is 9.32 Å². The largest absolute Gasteiger partial charge is 0.453 e. The molecule has 0 aliphatic rings. The molecule has 0 saturated heterocycles. The van der Waals surface area contributed by atoms with Crippen molar-refractivity contribution < 1.29 is 4.42 Å². The number of thiophene rings is 2. The van der Waals surface area contributed by atoms with Crippen molar-refractivity contribution in [1.29, 1.82) is 0 Å². The molecular weight excluding hydrogens is 671 g/mol. The third kappa shape index (κ3) is 4.55. The fraction of sp³-hybridized carbons (Fsp3) is 0. The zero-order valence-corrected chi connectivity index (χ0v) is 29.5. The molecule has 0 fully saturated rings. The Bertz CT molecular complexity index is 3130. The number of hydrogen-bond acceptors (Lipinski definition) is 4. The van der Waals surface area contributed by atoms with Crippen LogP contribution in [0.5, 0.6) is 0 Å². The molecule has 2 nitrogen and oxygen atoms in total. The standard InChI is InChI=1S/C48H29NOS2/c1-2-11-31(12-3-1)34-15-8-16-37-38-17-9-19-41(47(38)50-46(34)37)49(42-20-10-18-39-35-13-4-7-22-44(35)52-48(39)42)33-26-23-30(24-27-33)32-25-28-45-40(29-32)36-14-5-6-21-43(36)51-45/h1-29H. The number of fused-ring (bicyclic) bond motifs is 9. The molecule has 3 heterocycles. The van der Waals surface area contributed by atoms with Crippen molar-refractivity contribution in [3.63, 3.8) is 0 Å². The summed E-state index contributed by atoms with van der Waals surface area (Å²) in [5, 5.41) is 7.39. The Labute approximate surface area is 308 Å². The van der Waals surface area contributed by atoms with Crippen molar-refractivity contribution >= 4 is 102 Å². The van der Waals surface area contributed by atoms with Crippen molar-refractivity contribution in [2.75, 3.05) is 4.90 Å². The van der Waals surface area contributed by atoms with Crippen molar-refractivity contribution in [3.05, 3.63) is 176 Å². The molecule has 4 heteroatoms. The summed E-state index contributed by atoms with van der Waals surface area (Å²) >= 11 is 3.70. The summed E-state index contributed by atoms with van der Waals surface area (Å²) in [6.45, 7) is 0. The molecule has 244 valence electrons. The number of furan rings is 1. The summed E-state index contributed by atoms with van der Waals surface area (Å²) in [4.78, 5) is 2.39. The number of nitrogens with zero attached hydrogens (tertiary/aromatic N) is 1. The first-order chi connectivity index (χ1) is 25.8. The number of anilines is 3. The lowest BCUT2D eigenvalue weighted by Crippen LogP contribution is -2.10. The third-order valence-electron chi connectivity index (χ3n) is 10.3. The van der Waals surface area contributed by atoms with Gasteiger partial charge in [0.2, 0.25) is 0 Å². The average molecular weight is 700 g/mol. The molecule has 52 heavy (non-hydrogen) atoms. The minimum absolute atomic E-state index is 0.873. The van der Waals surface area contributed by atoms with Crippen LogP contribution in [0.4, 0.5) is 17.1 Å². The Kier molecular flexibility index (Phi) is 6.63. The molecule has 11 aromatic rings. The highest BCUT2D eigenvalue weighted by atomic mass is 32.1. The topological polar surface area (TPSA) is 16.4 Å². The zero-order valence-electron chi connectivity index (χ0n) is 27.9. The van der Waals surface area contributed by atoms with Crippen molar-refractivity contribution in [1.82, 2.24) is 0 Å². The summed E-state index contributed by atoms with van der Waals surface area (Å²) in [5.74, 6) is 0. The van der Waals surface area contributed by atoms with Gasteiger partial charge in [0.05, 0.1) is 16.1 Å². The van der Waals surface area contributed by atoms with Gasteiger partial charge in [-0.15, -0.1) is 22.7 Å². The van der Waals surface area contributed by atoms with Crippen LogP contribution in [0.3, 0.4) is 0 Å². The normalized spacial score (nSPS) is 11.8. The van der Waals surface area contributed by atoms with E-state index in [-0.39, 0.29) is 0 Å². The summed E-state index contributed by atoms with van der Waals surface area (Å²) in [7, 11) is 0. The lowest BCUT2D eigenvalue weighted by molar-refractivity contribution is 0.670. The highest BCUT2D eigenvalue weighted by Crippen LogP contribution is 2.48. The molecule has 0 aliphatic heterocycles. The van der Waals surface area contributed by atoms with Crippen LogP contribution in [0.25, 0.3) is 84.5 Å². The van der Waals surface area contributed by atoms with Crippen LogP contribution in [0.15, 0.2) is 180 Å². The number of rotatable bonds is 5. The van der Waals surface area contributed by atoms with Gasteiger partial charge in [-0.1, -0.05) is 127 Å². The minimum Gasteiger partial charge on any atom is -0.453 e. The predicted molar refractivity (Wildman–Crippen MR) is 225 cm³/mol. The van der Waals surface area contributed by atoms with E-state index in [2.05, 4.69) is 181 Å². The molecule has 0 bridgehead atoms. The van der Waals surface area contributed by atoms with E-state index >= 15 is 0 Å². The summed E-state index contributed by atoms with van der Waals surface area (Å²) in [5.41, 5.74) is 9.64. The fourth-order valence-corrected chi connectivity index (χ4v) is 10.1. The van der Waals surface area contributed by atoms with Gasteiger partial charge in [0.15, 0.2) is 5.58 Å². The number of hydrogen-bond donors (Lipinski definition) is 0. The van der Waals surface area contributed by atoms with E-state index < -0.39 is 0 Å². The van der Waals surface area contributed by atoms with Gasteiger partial charge in [-0.2, -0.15) is 0 Å². The van der Waals surface area contributed by atoms with Crippen LogP contribution < -0.4 is 4.90 Å². The van der Waals surface area contributed by atoms with E-state index in [1.807, 2.05) is 22.7 Å². The Hall–Kier alpha value is -6.20. The highest BCUT2D eigenvalue weighted by Gasteiger charge is 2.23. The van der Waals surface area contributed by atoms with Crippen LogP contribution >= 0.6 is 22.7 Å². The van der Waals surface area contributed by atoms with Crippen LogP contribution in [-0.4, -0.2) is 0 Å². The Morgan fingerprint density at radius 2 is 0.962 bits per heavy atom. The maximum Gasteiger partial charge on any atom is 0.159 e. The van der Waals surface area contributed by atoms with E-state index in [0.29, 0.717) is 0 Å². The molecule has 0 aliphatic carbocycles. The number of benzene rings is 8. The Morgan fingerprint density at radius 1 is 0.365 bits per heavy atom. The third-order valence-corrected chi connectivity index (χ3v) is 12.7. The second-order valence-corrected chi connectivity index (χ2v) is 15.4. The van der Waals surface area contributed by atoms with Gasteiger partial charge in [-0.3, -0.25) is 0 Å². The maximum atomic E-state index is 6.99. The van der Waals surface area contributed by atoms with Gasteiger partial charge >= 0.3 is 0 Å². The summed E-state index contributed by atoms with van der Waals surface area (Å²) in [6.07, 6.45) is 0. The fourth-order valence-electron chi connectivity index (χ4n) is 7.85. The van der Waals surface area contributed by atoms with Crippen LogP contribution in [0.2, 0.25) is 0 Å². The molecule has 0 amide bonds. The van der Waals surface area contributed by atoms with Gasteiger partial charge in [0, 0.05) is 57.7 Å². The molecular formula is C48H29NOS2. The summed E-state index contributed by atoms with van der Waals surface area (Å²) < 4.78 is 12.2. The molecule has 11 rings (SSSR count). The van der Waals surface area contributed by atoms with E-state index in [1.54, 1.807) is 0 Å². The molecule has 0 spiro atoms. The van der Waals surface area contributed by atoms with Crippen LogP contribution in [0, 0.1) is 0 Å². The second-order valence-electron chi connectivity index (χ2n) is 13.2. The molecule has 8 aromatic carbocycles. The Morgan fingerprint density at radius 3 is 1.77 bits per heavy atom.